The molecule has 0 fully saturated rings. The van der Waals surface area contributed by atoms with E-state index in [1.807, 2.05) is 0 Å². The van der Waals surface area contributed by atoms with Crippen molar-refractivity contribution in [3.8, 4) is 10.6 Å². The molecular weight excluding hydrogens is 213 g/mol. The summed E-state index contributed by atoms with van der Waals surface area (Å²) in [5.41, 5.74) is 6.52. The van der Waals surface area contributed by atoms with Crippen LogP contribution in [-0.2, 0) is 6.54 Å². The second-order valence-corrected chi connectivity index (χ2v) is 4.20. The van der Waals surface area contributed by atoms with Gasteiger partial charge in [-0.05, 0) is 18.6 Å². The van der Waals surface area contributed by atoms with Gasteiger partial charge in [-0.25, -0.2) is 4.39 Å². The Morgan fingerprint density at radius 3 is 2.87 bits per heavy atom. The van der Waals surface area contributed by atoms with Crippen LogP contribution in [0.2, 0.25) is 0 Å². The van der Waals surface area contributed by atoms with Crippen molar-refractivity contribution >= 4 is 11.3 Å². The molecule has 78 valence electrons. The molecule has 5 heteroatoms. The van der Waals surface area contributed by atoms with Gasteiger partial charge in [0.1, 0.15) is 10.8 Å². The number of hydrogen-bond donors (Lipinski definition) is 1. The number of halogens is 1. The van der Waals surface area contributed by atoms with Gasteiger partial charge in [0.2, 0.25) is 0 Å². The lowest BCUT2D eigenvalue weighted by molar-refractivity contribution is 0.621. The number of nitrogens with two attached hydrogens (primary N) is 1. The Morgan fingerprint density at radius 2 is 2.20 bits per heavy atom. The maximum absolute atomic E-state index is 13.7. The van der Waals surface area contributed by atoms with Crippen molar-refractivity contribution in [2.75, 3.05) is 0 Å². The van der Waals surface area contributed by atoms with Gasteiger partial charge in [0.05, 0.1) is 0 Å². The summed E-state index contributed by atoms with van der Waals surface area (Å²) in [6.45, 7) is 2.06. The van der Waals surface area contributed by atoms with E-state index in [1.165, 1.54) is 11.3 Å². The van der Waals surface area contributed by atoms with E-state index in [0.717, 1.165) is 0 Å². The number of aryl methyl sites for hydroxylation is 1. The van der Waals surface area contributed by atoms with E-state index in [4.69, 9.17) is 5.73 Å². The Labute approximate surface area is 90.8 Å². The average molecular weight is 223 g/mol. The van der Waals surface area contributed by atoms with Gasteiger partial charge in [-0.15, -0.1) is 10.2 Å². The van der Waals surface area contributed by atoms with Gasteiger partial charge in [-0.2, -0.15) is 0 Å². The van der Waals surface area contributed by atoms with E-state index in [-0.39, 0.29) is 5.82 Å². The summed E-state index contributed by atoms with van der Waals surface area (Å²) >= 11 is 1.32. The van der Waals surface area contributed by atoms with E-state index in [9.17, 15) is 4.39 Å². The van der Waals surface area contributed by atoms with Crippen LogP contribution in [0, 0.1) is 12.7 Å². The molecular formula is C10H10FN3S. The summed E-state index contributed by atoms with van der Waals surface area (Å²) in [4.78, 5) is 0. The number of rotatable bonds is 2. The summed E-state index contributed by atoms with van der Waals surface area (Å²) in [5.74, 6) is -0.239. The van der Waals surface area contributed by atoms with E-state index >= 15 is 0 Å². The molecule has 0 amide bonds. The molecule has 2 N–H and O–H groups in total. The third-order valence-corrected chi connectivity index (χ3v) is 3.04. The lowest BCUT2D eigenvalue weighted by Gasteiger charge is -2.00. The molecule has 0 spiro atoms. The number of benzene rings is 1. The normalized spacial score (nSPS) is 10.6. The molecule has 0 saturated carbocycles. The van der Waals surface area contributed by atoms with Crippen LogP contribution >= 0.6 is 11.3 Å². The Balaban J connectivity index is 2.49. The van der Waals surface area contributed by atoms with E-state index < -0.39 is 0 Å². The molecule has 0 atom stereocenters. The first-order chi connectivity index (χ1) is 7.22. The topological polar surface area (TPSA) is 51.8 Å². The van der Waals surface area contributed by atoms with Crippen molar-refractivity contribution in [2.45, 2.75) is 13.5 Å². The lowest BCUT2D eigenvalue weighted by atomic mass is 10.1. The number of aromatic nitrogens is 2. The summed E-state index contributed by atoms with van der Waals surface area (Å²) in [5, 5.41) is 9.06. The largest absolute Gasteiger partial charge is 0.324 e. The monoisotopic (exact) mass is 223 g/mol. The molecule has 0 aliphatic heterocycles. The molecule has 2 rings (SSSR count). The molecule has 0 radical (unpaired) electrons. The lowest BCUT2D eigenvalue weighted by Crippen LogP contribution is -1.94. The number of hydrogen-bond acceptors (Lipinski definition) is 4. The Bertz CT molecular complexity index is 481. The van der Waals surface area contributed by atoms with Gasteiger partial charge in [0.15, 0.2) is 5.01 Å². The zero-order chi connectivity index (χ0) is 10.8. The summed E-state index contributed by atoms with van der Waals surface area (Å²) in [6, 6.07) is 5.23. The van der Waals surface area contributed by atoms with Gasteiger partial charge < -0.3 is 5.73 Å². The molecule has 15 heavy (non-hydrogen) atoms. The van der Waals surface area contributed by atoms with E-state index in [1.54, 1.807) is 25.1 Å². The molecule has 0 unspecified atom stereocenters. The number of nitrogens with zero attached hydrogens (tertiary/aromatic N) is 2. The van der Waals surface area contributed by atoms with Crippen molar-refractivity contribution in [2.24, 2.45) is 5.73 Å². The quantitative estimate of drug-likeness (QED) is 0.848. The van der Waals surface area contributed by atoms with Crippen LogP contribution in [0.15, 0.2) is 18.2 Å². The fourth-order valence-corrected chi connectivity index (χ4v) is 1.99. The zero-order valence-corrected chi connectivity index (χ0v) is 9.01. The highest BCUT2D eigenvalue weighted by Crippen LogP contribution is 2.27. The summed E-state index contributed by atoms with van der Waals surface area (Å²) in [6.07, 6.45) is 0. The minimum Gasteiger partial charge on any atom is -0.324 e. The van der Waals surface area contributed by atoms with Crippen molar-refractivity contribution < 1.29 is 4.39 Å². The molecule has 0 bridgehead atoms. The Hall–Kier alpha value is -1.33. The molecule has 0 aliphatic rings. The standard InChI is InChI=1S/C10H10FN3S/c1-6-3-2-4-7(9(6)11)10-14-13-8(5-12)15-10/h2-4H,5,12H2,1H3. The van der Waals surface area contributed by atoms with Gasteiger partial charge in [0.25, 0.3) is 0 Å². The molecule has 0 aliphatic carbocycles. The van der Waals surface area contributed by atoms with Crippen molar-refractivity contribution in [3.63, 3.8) is 0 Å². The third kappa shape index (κ3) is 1.88. The van der Waals surface area contributed by atoms with Crippen molar-refractivity contribution in [1.82, 2.24) is 10.2 Å². The molecule has 1 aromatic carbocycles. The fourth-order valence-electron chi connectivity index (χ4n) is 1.26. The Kier molecular flexibility index (Phi) is 2.75. The third-order valence-electron chi connectivity index (χ3n) is 2.06. The molecule has 2 aromatic rings. The molecule has 3 nitrogen and oxygen atoms in total. The van der Waals surface area contributed by atoms with Crippen LogP contribution in [0.5, 0.6) is 0 Å². The second-order valence-electron chi connectivity index (χ2n) is 3.14. The molecule has 1 heterocycles. The first kappa shape index (κ1) is 10.2. The second kappa shape index (κ2) is 4.04. The molecule has 1 aromatic heterocycles. The highest BCUT2D eigenvalue weighted by Gasteiger charge is 2.11. The predicted octanol–water partition coefficient (Wildman–Crippen LogP) is 2.11. The van der Waals surface area contributed by atoms with Crippen LogP contribution in [0.1, 0.15) is 10.6 Å². The molecule has 0 saturated heterocycles. The van der Waals surface area contributed by atoms with Crippen molar-refractivity contribution in [1.29, 1.82) is 0 Å². The SMILES string of the molecule is Cc1cccc(-c2nnc(CN)s2)c1F. The Morgan fingerprint density at radius 1 is 1.40 bits per heavy atom. The average Bonchev–Trinajstić information content (AvgIpc) is 2.70. The maximum atomic E-state index is 13.7. The van der Waals surface area contributed by atoms with Crippen molar-refractivity contribution in [3.05, 3.63) is 34.6 Å². The van der Waals surface area contributed by atoms with E-state index in [2.05, 4.69) is 10.2 Å². The van der Waals surface area contributed by atoms with Crippen LogP contribution in [0.4, 0.5) is 4.39 Å². The highest BCUT2D eigenvalue weighted by atomic mass is 32.1. The maximum Gasteiger partial charge on any atom is 0.150 e. The minimum atomic E-state index is -0.239. The minimum absolute atomic E-state index is 0.239. The smallest absolute Gasteiger partial charge is 0.150 e. The van der Waals surface area contributed by atoms with Crippen LogP contribution in [0.3, 0.4) is 0 Å². The fraction of sp³-hybridized carbons (Fsp3) is 0.200. The summed E-state index contributed by atoms with van der Waals surface area (Å²) in [7, 11) is 0. The van der Waals surface area contributed by atoms with Gasteiger partial charge in [0, 0.05) is 12.1 Å². The van der Waals surface area contributed by atoms with Gasteiger partial charge >= 0.3 is 0 Å². The van der Waals surface area contributed by atoms with Crippen LogP contribution < -0.4 is 5.73 Å². The first-order valence-corrected chi connectivity index (χ1v) is 5.32. The van der Waals surface area contributed by atoms with Crippen LogP contribution in [0.25, 0.3) is 10.6 Å². The van der Waals surface area contributed by atoms with Gasteiger partial charge in [-0.1, -0.05) is 23.5 Å². The predicted molar refractivity (Wildman–Crippen MR) is 57.9 cm³/mol. The summed E-state index contributed by atoms with van der Waals surface area (Å²) < 4.78 is 13.7. The first-order valence-electron chi connectivity index (χ1n) is 4.50. The highest BCUT2D eigenvalue weighted by molar-refractivity contribution is 7.14. The van der Waals surface area contributed by atoms with E-state index in [0.29, 0.717) is 27.7 Å². The van der Waals surface area contributed by atoms with Gasteiger partial charge in [-0.3, -0.25) is 0 Å². The zero-order valence-electron chi connectivity index (χ0n) is 8.20. The van der Waals surface area contributed by atoms with Crippen LogP contribution in [-0.4, -0.2) is 10.2 Å².